The number of amides is 1. The summed E-state index contributed by atoms with van der Waals surface area (Å²) in [5, 5.41) is 14.9. The van der Waals surface area contributed by atoms with Crippen molar-refractivity contribution < 1.29 is 14.7 Å². The van der Waals surface area contributed by atoms with Crippen LogP contribution in [0.5, 0.6) is 0 Å². The third kappa shape index (κ3) is 4.86. The van der Waals surface area contributed by atoms with Crippen molar-refractivity contribution >= 4 is 24.5 Å². The molecule has 1 unspecified atom stereocenters. The van der Waals surface area contributed by atoms with E-state index in [4.69, 9.17) is 4.84 Å². The highest BCUT2D eigenvalue weighted by atomic mass is 35.5. The maximum absolute atomic E-state index is 12.7. The zero-order chi connectivity index (χ0) is 18.3. The molecule has 1 aromatic carbocycles. The summed E-state index contributed by atoms with van der Waals surface area (Å²) < 4.78 is 0. The molecule has 6 nitrogen and oxygen atoms in total. The summed E-state index contributed by atoms with van der Waals surface area (Å²) in [6.45, 7) is 5.23. The van der Waals surface area contributed by atoms with E-state index in [1.807, 2.05) is 44.2 Å². The molecule has 1 atom stereocenters. The lowest BCUT2D eigenvalue weighted by Crippen LogP contribution is -2.52. The first-order chi connectivity index (χ1) is 12.0. The summed E-state index contributed by atoms with van der Waals surface area (Å²) >= 11 is 0. The van der Waals surface area contributed by atoms with Crippen LogP contribution in [0.15, 0.2) is 59.4 Å². The first-order valence-corrected chi connectivity index (χ1v) is 8.36. The predicted molar refractivity (Wildman–Crippen MR) is 105 cm³/mol. The van der Waals surface area contributed by atoms with Crippen LogP contribution < -0.4 is 0 Å². The maximum atomic E-state index is 12.7. The number of carbonyl (C=O) groups excluding carboxylic acids is 1. The molecule has 0 saturated carbocycles. The SMILES string of the molecule is CCN(CC)C(=O)C1=CC=CN(C)C1(O)C=NOCc1ccccc1.Cl. The zero-order valence-corrected chi connectivity index (χ0v) is 16.1. The fourth-order valence-corrected chi connectivity index (χ4v) is 2.56. The molecule has 0 radical (unpaired) electrons. The molecule has 0 aliphatic carbocycles. The smallest absolute Gasteiger partial charge is 0.255 e. The molecule has 1 aliphatic heterocycles. The molecule has 26 heavy (non-hydrogen) atoms. The summed E-state index contributed by atoms with van der Waals surface area (Å²) in [6.07, 6.45) is 6.28. The number of oxime groups is 1. The molecule has 0 spiro atoms. The predicted octanol–water partition coefficient (Wildman–Crippen LogP) is 2.55. The van der Waals surface area contributed by atoms with Crippen LogP contribution in [0.2, 0.25) is 0 Å². The molecule has 142 valence electrons. The van der Waals surface area contributed by atoms with Gasteiger partial charge in [0, 0.05) is 26.3 Å². The monoisotopic (exact) mass is 379 g/mol. The molecule has 1 N–H and O–H groups in total. The number of allylic oxidation sites excluding steroid dienone is 2. The Hall–Kier alpha value is -2.31. The number of rotatable bonds is 7. The number of carbonyl (C=O) groups is 1. The summed E-state index contributed by atoms with van der Waals surface area (Å²) in [5.74, 6) is -0.224. The molecule has 1 aliphatic rings. The number of hydrogen-bond donors (Lipinski definition) is 1. The first kappa shape index (κ1) is 21.7. The van der Waals surface area contributed by atoms with Crippen LogP contribution in [0, 0.1) is 0 Å². The highest BCUT2D eigenvalue weighted by molar-refractivity contribution is 6.01. The van der Waals surface area contributed by atoms with E-state index in [1.165, 1.54) is 11.1 Å². The second kappa shape index (κ2) is 9.99. The topological polar surface area (TPSA) is 65.4 Å². The summed E-state index contributed by atoms with van der Waals surface area (Å²) in [5.41, 5.74) is -0.433. The minimum absolute atomic E-state index is 0. The molecule has 1 aromatic rings. The van der Waals surface area contributed by atoms with Crippen molar-refractivity contribution in [2.75, 3.05) is 20.1 Å². The van der Waals surface area contributed by atoms with Gasteiger partial charge in [0.1, 0.15) is 12.8 Å². The Balaban J connectivity index is 0.00000338. The third-order valence-corrected chi connectivity index (χ3v) is 4.17. The lowest BCUT2D eigenvalue weighted by molar-refractivity contribution is -0.130. The van der Waals surface area contributed by atoms with Gasteiger partial charge in [-0.05, 0) is 31.6 Å². The summed E-state index contributed by atoms with van der Waals surface area (Å²) in [7, 11) is 1.68. The molecular formula is C19H26ClN3O3. The van der Waals surface area contributed by atoms with Crippen LogP contribution >= 0.6 is 12.4 Å². The Morgan fingerprint density at radius 2 is 1.96 bits per heavy atom. The van der Waals surface area contributed by atoms with Gasteiger partial charge >= 0.3 is 0 Å². The van der Waals surface area contributed by atoms with Crippen molar-refractivity contribution in [2.45, 2.75) is 26.2 Å². The van der Waals surface area contributed by atoms with Crippen molar-refractivity contribution in [2.24, 2.45) is 5.16 Å². The Morgan fingerprint density at radius 1 is 1.31 bits per heavy atom. The van der Waals surface area contributed by atoms with Crippen molar-refractivity contribution in [3.05, 3.63) is 59.8 Å². The van der Waals surface area contributed by atoms with E-state index in [-0.39, 0.29) is 30.5 Å². The van der Waals surface area contributed by atoms with Gasteiger partial charge < -0.3 is 19.7 Å². The quantitative estimate of drug-likeness (QED) is 0.584. The average Bonchev–Trinajstić information content (AvgIpc) is 2.63. The molecule has 0 fully saturated rings. The largest absolute Gasteiger partial charge is 0.391 e. The van der Waals surface area contributed by atoms with Gasteiger partial charge in [0.15, 0.2) is 0 Å². The van der Waals surface area contributed by atoms with E-state index in [9.17, 15) is 9.90 Å². The number of benzene rings is 1. The molecule has 0 aromatic heterocycles. The first-order valence-electron chi connectivity index (χ1n) is 8.36. The highest BCUT2D eigenvalue weighted by Crippen LogP contribution is 2.25. The van der Waals surface area contributed by atoms with Crippen molar-refractivity contribution in [3.63, 3.8) is 0 Å². The van der Waals surface area contributed by atoms with E-state index < -0.39 is 5.72 Å². The number of aliphatic hydroxyl groups is 1. The molecule has 2 rings (SSSR count). The summed E-state index contributed by atoms with van der Waals surface area (Å²) in [4.78, 5) is 21.2. The van der Waals surface area contributed by atoms with E-state index in [1.54, 1.807) is 30.3 Å². The van der Waals surface area contributed by atoms with Gasteiger partial charge in [-0.15, -0.1) is 12.4 Å². The number of likely N-dealkylation sites (N-methyl/N-ethyl adjacent to an activating group) is 2. The van der Waals surface area contributed by atoms with Crippen molar-refractivity contribution in [1.82, 2.24) is 9.80 Å². The van der Waals surface area contributed by atoms with Crippen molar-refractivity contribution in [3.8, 4) is 0 Å². The molecule has 0 saturated heterocycles. The van der Waals surface area contributed by atoms with Gasteiger partial charge in [-0.1, -0.05) is 35.5 Å². The van der Waals surface area contributed by atoms with Gasteiger partial charge in [0.25, 0.3) is 5.91 Å². The number of halogens is 1. The fraction of sp³-hybridized carbons (Fsp3) is 0.368. The normalized spacial score (nSPS) is 19.1. The van der Waals surface area contributed by atoms with Gasteiger partial charge in [-0.2, -0.15) is 0 Å². The second-order valence-electron chi connectivity index (χ2n) is 5.73. The van der Waals surface area contributed by atoms with E-state index >= 15 is 0 Å². The Morgan fingerprint density at radius 3 is 2.58 bits per heavy atom. The summed E-state index contributed by atoms with van der Waals surface area (Å²) in [6, 6.07) is 9.61. The fourth-order valence-electron chi connectivity index (χ4n) is 2.56. The lowest BCUT2D eigenvalue weighted by atomic mass is 9.98. The van der Waals surface area contributed by atoms with E-state index in [2.05, 4.69) is 5.16 Å². The Kier molecular flexibility index (Phi) is 8.35. The second-order valence-corrected chi connectivity index (χ2v) is 5.73. The van der Waals surface area contributed by atoms with Crippen LogP contribution in [-0.4, -0.2) is 52.9 Å². The van der Waals surface area contributed by atoms with Crippen LogP contribution in [0.1, 0.15) is 19.4 Å². The van der Waals surface area contributed by atoms with Gasteiger partial charge in [-0.3, -0.25) is 4.79 Å². The maximum Gasteiger partial charge on any atom is 0.255 e. The third-order valence-electron chi connectivity index (χ3n) is 4.17. The van der Waals surface area contributed by atoms with E-state index in [0.717, 1.165) is 5.56 Å². The molecule has 7 heteroatoms. The highest BCUT2D eigenvalue weighted by Gasteiger charge is 2.40. The standard InChI is InChI=1S/C19H25N3O3.ClH/c1-4-22(5-2)18(23)17-12-9-13-21(3)19(17,24)15-20-25-14-16-10-7-6-8-11-16;/h6-13,15,24H,4-5,14H2,1-3H3;1H. The zero-order valence-electron chi connectivity index (χ0n) is 15.3. The molecule has 0 bridgehead atoms. The van der Waals surface area contributed by atoms with Crippen LogP contribution in [0.3, 0.4) is 0 Å². The van der Waals surface area contributed by atoms with Gasteiger partial charge in [-0.25, -0.2) is 0 Å². The van der Waals surface area contributed by atoms with Gasteiger partial charge in [0.2, 0.25) is 5.72 Å². The minimum Gasteiger partial charge on any atom is -0.391 e. The average molecular weight is 380 g/mol. The molecular weight excluding hydrogens is 354 g/mol. The van der Waals surface area contributed by atoms with Gasteiger partial charge in [0.05, 0.1) is 5.57 Å². The van der Waals surface area contributed by atoms with Crippen LogP contribution in [0.4, 0.5) is 0 Å². The minimum atomic E-state index is -1.65. The van der Waals surface area contributed by atoms with E-state index in [0.29, 0.717) is 13.1 Å². The Bertz CT molecular complexity index is 672. The lowest BCUT2D eigenvalue weighted by Gasteiger charge is -2.37. The van der Waals surface area contributed by atoms with Crippen LogP contribution in [-0.2, 0) is 16.2 Å². The number of hydrogen-bond acceptors (Lipinski definition) is 5. The molecule has 1 amide bonds. The Labute approximate surface area is 160 Å². The molecule has 1 heterocycles. The van der Waals surface area contributed by atoms with Crippen LogP contribution in [0.25, 0.3) is 0 Å². The van der Waals surface area contributed by atoms with Crippen molar-refractivity contribution in [1.29, 1.82) is 0 Å². The number of nitrogens with zero attached hydrogens (tertiary/aromatic N) is 3.